The third kappa shape index (κ3) is 4.78. The van der Waals surface area contributed by atoms with Gasteiger partial charge in [-0.15, -0.1) is 0 Å². The van der Waals surface area contributed by atoms with Crippen molar-refractivity contribution >= 4 is 17.4 Å². The van der Waals surface area contributed by atoms with Crippen molar-refractivity contribution in [2.45, 2.75) is 47.5 Å². The van der Waals surface area contributed by atoms with E-state index in [9.17, 15) is 4.79 Å². The van der Waals surface area contributed by atoms with E-state index in [2.05, 4.69) is 34.0 Å². The van der Waals surface area contributed by atoms with Crippen LogP contribution >= 0.6 is 0 Å². The second-order valence-electron chi connectivity index (χ2n) is 6.35. The molecule has 2 rings (SSSR count). The van der Waals surface area contributed by atoms with Crippen LogP contribution in [0.3, 0.4) is 0 Å². The van der Waals surface area contributed by atoms with Crippen molar-refractivity contribution in [3.8, 4) is 0 Å². The maximum absolute atomic E-state index is 12.7. The van der Waals surface area contributed by atoms with Crippen molar-refractivity contribution in [2.75, 3.05) is 23.3 Å². The van der Waals surface area contributed by atoms with Crippen LogP contribution in [-0.4, -0.2) is 29.0 Å². The summed E-state index contributed by atoms with van der Waals surface area (Å²) >= 11 is 0. The molecule has 2 aromatic rings. The molecule has 1 amide bonds. The molecule has 0 aliphatic rings. The molecule has 5 nitrogen and oxygen atoms in total. The number of amides is 1. The van der Waals surface area contributed by atoms with Gasteiger partial charge in [0.15, 0.2) is 0 Å². The van der Waals surface area contributed by atoms with Gasteiger partial charge < -0.3 is 10.2 Å². The van der Waals surface area contributed by atoms with Crippen LogP contribution in [0, 0.1) is 20.8 Å². The van der Waals surface area contributed by atoms with Crippen molar-refractivity contribution in [2.24, 2.45) is 0 Å². The lowest BCUT2D eigenvalue weighted by molar-refractivity contribution is 0.102. The molecule has 134 valence electrons. The summed E-state index contributed by atoms with van der Waals surface area (Å²) in [7, 11) is 0. The first-order valence-corrected chi connectivity index (χ1v) is 8.94. The number of carbonyl (C=O) groups excluding carboxylic acids is 1. The average molecular weight is 340 g/mol. The van der Waals surface area contributed by atoms with Crippen molar-refractivity contribution in [1.29, 1.82) is 0 Å². The normalized spacial score (nSPS) is 10.6. The molecule has 0 aliphatic carbocycles. The summed E-state index contributed by atoms with van der Waals surface area (Å²) in [6, 6.07) is 7.68. The summed E-state index contributed by atoms with van der Waals surface area (Å²) in [5.74, 6) is 1.23. The number of hydrogen-bond acceptors (Lipinski definition) is 4. The molecule has 5 heteroatoms. The molecule has 1 heterocycles. The Morgan fingerprint density at radius 1 is 1.08 bits per heavy atom. The minimum absolute atomic E-state index is 0.201. The fourth-order valence-corrected chi connectivity index (χ4v) is 2.78. The molecule has 0 radical (unpaired) electrons. The van der Waals surface area contributed by atoms with Crippen LogP contribution in [0.4, 0.5) is 11.5 Å². The van der Waals surface area contributed by atoms with E-state index in [1.54, 1.807) is 6.07 Å². The van der Waals surface area contributed by atoms with Gasteiger partial charge in [0.2, 0.25) is 0 Å². The Kier molecular flexibility index (Phi) is 6.51. The van der Waals surface area contributed by atoms with Crippen LogP contribution in [0.2, 0.25) is 0 Å². The summed E-state index contributed by atoms with van der Waals surface area (Å²) in [6.45, 7) is 12.0. The van der Waals surface area contributed by atoms with Crippen LogP contribution in [-0.2, 0) is 0 Å². The standard InChI is InChI=1S/C20H28N4O/c1-6-11-24(12-7-2)19-13-18(21-16(5)22-19)20(25)23-17-10-8-9-14(3)15(17)4/h8-10,13H,6-7,11-12H2,1-5H3,(H,23,25). The molecule has 25 heavy (non-hydrogen) atoms. The zero-order valence-electron chi connectivity index (χ0n) is 15.9. The third-order valence-electron chi connectivity index (χ3n) is 4.22. The van der Waals surface area contributed by atoms with Crippen molar-refractivity contribution < 1.29 is 4.79 Å². The topological polar surface area (TPSA) is 58.1 Å². The van der Waals surface area contributed by atoms with Gasteiger partial charge in [-0.25, -0.2) is 9.97 Å². The summed E-state index contributed by atoms with van der Waals surface area (Å²) in [4.78, 5) is 23.8. The minimum Gasteiger partial charge on any atom is -0.357 e. The van der Waals surface area contributed by atoms with Crippen LogP contribution in [0.25, 0.3) is 0 Å². The number of benzene rings is 1. The molecular formula is C20H28N4O. The summed E-state index contributed by atoms with van der Waals surface area (Å²) in [5.41, 5.74) is 3.44. The first-order valence-electron chi connectivity index (χ1n) is 8.94. The SMILES string of the molecule is CCCN(CCC)c1cc(C(=O)Nc2cccc(C)c2C)nc(C)n1. The zero-order chi connectivity index (χ0) is 18.4. The highest BCUT2D eigenvalue weighted by atomic mass is 16.1. The zero-order valence-corrected chi connectivity index (χ0v) is 15.9. The van der Waals surface area contributed by atoms with Crippen molar-refractivity contribution in [3.63, 3.8) is 0 Å². The van der Waals surface area contributed by atoms with Gasteiger partial charge in [0.25, 0.3) is 5.91 Å². The number of nitrogens with zero attached hydrogens (tertiary/aromatic N) is 3. The molecule has 0 aliphatic heterocycles. The van der Waals surface area contributed by atoms with E-state index in [0.717, 1.165) is 48.6 Å². The number of hydrogen-bond donors (Lipinski definition) is 1. The van der Waals surface area contributed by atoms with Gasteiger partial charge in [0.05, 0.1) is 0 Å². The number of aromatic nitrogens is 2. The monoisotopic (exact) mass is 340 g/mol. The Morgan fingerprint density at radius 2 is 1.76 bits per heavy atom. The van der Waals surface area contributed by atoms with E-state index in [1.807, 2.05) is 39.0 Å². The molecule has 0 saturated carbocycles. The molecule has 1 aromatic carbocycles. The Labute approximate surface area is 150 Å². The van der Waals surface area contributed by atoms with E-state index in [-0.39, 0.29) is 5.91 Å². The Bertz CT molecular complexity index is 736. The maximum Gasteiger partial charge on any atom is 0.274 e. The predicted molar refractivity (Wildman–Crippen MR) is 103 cm³/mol. The van der Waals surface area contributed by atoms with Gasteiger partial charge in [0, 0.05) is 24.8 Å². The molecule has 1 aromatic heterocycles. The molecule has 1 N–H and O–H groups in total. The molecule has 0 bridgehead atoms. The van der Waals surface area contributed by atoms with Crippen LogP contribution in [0.5, 0.6) is 0 Å². The van der Waals surface area contributed by atoms with E-state index in [4.69, 9.17) is 0 Å². The lowest BCUT2D eigenvalue weighted by atomic mass is 10.1. The van der Waals surface area contributed by atoms with Gasteiger partial charge >= 0.3 is 0 Å². The average Bonchev–Trinajstić information content (AvgIpc) is 2.58. The second-order valence-corrected chi connectivity index (χ2v) is 6.35. The van der Waals surface area contributed by atoms with E-state index >= 15 is 0 Å². The van der Waals surface area contributed by atoms with Crippen LogP contribution < -0.4 is 10.2 Å². The quantitative estimate of drug-likeness (QED) is 0.817. The fraction of sp³-hybridized carbons (Fsp3) is 0.450. The highest BCUT2D eigenvalue weighted by Crippen LogP contribution is 2.20. The number of rotatable bonds is 7. The van der Waals surface area contributed by atoms with E-state index < -0.39 is 0 Å². The van der Waals surface area contributed by atoms with Gasteiger partial charge in [-0.05, 0) is 50.8 Å². The highest BCUT2D eigenvalue weighted by Gasteiger charge is 2.15. The number of carbonyl (C=O) groups is 1. The van der Waals surface area contributed by atoms with Crippen molar-refractivity contribution in [1.82, 2.24) is 9.97 Å². The van der Waals surface area contributed by atoms with Crippen molar-refractivity contribution in [3.05, 3.63) is 46.9 Å². The van der Waals surface area contributed by atoms with E-state index in [1.165, 1.54) is 0 Å². The smallest absolute Gasteiger partial charge is 0.274 e. The van der Waals surface area contributed by atoms with Gasteiger partial charge in [-0.1, -0.05) is 26.0 Å². The number of anilines is 2. The number of aryl methyl sites for hydroxylation is 2. The molecule has 0 spiro atoms. The lowest BCUT2D eigenvalue weighted by Crippen LogP contribution is -2.27. The maximum atomic E-state index is 12.7. The molecule has 0 saturated heterocycles. The second kappa shape index (κ2) is 8.60. The Hall–Kier alpha value is -2.43. The summed E-state index contributed by atoms with van der Waals surface area (Å²) in [6.07, 6.45) is 2.07. The fourth-order valence-electron chi connectivity index (χ4n) is 2.78. The largest absolute Gasteiger partial charge is 0.357 e. The van der Waals surface area contributed by atoms with Gasteiger partial charge in [0.1, 0.15) is 17.3 Å². The first kappa shape index (κ1) is 18.9. The highest BCUT2D eigenvalue weighted by molar-refractivity contribution is 6.03. The minimum atomic E-state index is -0.201. The van der Waals surface area contributed by atoms with Gasteiger partial charge in [-0.3, -0.25) is 4.79 Å². The first-order chi connectivity index (χ1) is 12.0. The van der Waals surface area contributed by atoms with E-state index in [0.29, 0.717) is 11.5 Å². The lowest BCUT2D eigenvalue weighted by Gasteiger charge is -2.23. The van der Waals surface area contributed by atoms with Gasteiger partial charge in [-0.2, -0.15) is 0 Å². The van der Waals surface area contributed by atoms with Crippen LogP contribution in [0.15, 0.2) is 24.3 Å². The Morgan fingerprint density at radius 3 is 2.40 bits per heavy atom. The van der Waals surface area contributed by atoms with Crippen LogP contribution in [0.1, 0.15) is 54.1 Å². The number of nitrogens with one attached hydrogen (secondary N) is 1. The molecule has 0 unspecified atom stereocenters. The molecule has 0 fully saturated rings. The summed E-state index contributed by atoms with van der Waals surface area (Å²) in [5, 5.41) is 2.98. The predicted octanol–water partition coefficient (Wildman–Crippen LogP) is 4.28. The Balaban J connectivity index is 2.29. The summed E-state index contributed by atoms with van der Waals surface area (Å²) < 4.78 is 0. The molecular weight excluding hydrogens is 312 g/mol. The molecule has 0 atom stereocenters. The third-order valence-corrected chi connectivity index (χ3v) is 4.22.